The molecule has 0 saturated heterocycles. The number of hydrogen-bond donors (Lipinski definition) is 3. The van der Waals surface area contributed by atoms with E-state index in [-0.39, 0.29) is 6.61 Å². The smallest absolute Gasteiger partial charge is 0.319 e. The first-order chi connectivity index (χ1) is 13.2. The Morgan fingerprint density at radius 2 is 1.37 bits per heavy atom. The lowest BCUT2D eigenvalue weighted by molar-refractivity contribution is 0.225. The molecule has 27 heavy (non-hydrogen) atoms. The highest BCUT2D eigenvalue weighted by molar-refractivity contribution is 5.89. The number of aliphatic hydroxyl groups is 1. The van der Waals surface area contributed by atoms with E-state index in [1.807, 2.05) is 60.7 Å². The van der Waals surface area contributed by atoms with Crippen LogP contribution in [0.2, 0.25) is 0 Å². The fourth-order valence-corrected chi connectivity index (χ4v) is 2.47. The molecular formula is C21H20N4O2. The number of rotatable bonds is 6. The first-order valence-electron chi connectivity index (χ1n) is 8.55. The van der Waals surface area contributed by atoms with Gasteiger partial charge in [-0.3, -0.25) is 0 Å². The third-order valence-corrected chi connectivity index (χ3v) is 3.85. The number of carbonyl (C=O) groups excluding carboxylic acids is 1. The topological polar surface area (TPSA) is 86.1 Å². The summed E-state index contributed by atoms with van der Waals surface area (Å²) < 4.78 is 0. The van der Waals surface area contributed by atoms with Crippen LogP contribution in [0, 0.1) is 0 Å². The first-order valence-corrected chi connectivity index (χ1v) is 8.55. The molecule has 0 bridgehead atoms. The predicted octanol–water partition coefficient (Wildman–Crippen LogP) is 4.96. The molecule has 1 unspecified atom stereocenters. The van der Waals surface area contributed by atoms with Gasteiger partial charge in [0.25, 0.3) is 0 Å². The molecular weight excluding hydrogens is 340 g/mol. The van der Waals surface area contributed by atoms with Crippen molar-refractivity contribution in [3.63, 3.8) is 0 Å². The minimum Gasteiger partial charge on any atom is -0.394 e. The molecule has 6 nitrogen and oxygen atoms in total. The summed E-state index contributed by atoms with van der Waals surface area (Å²) in [5, 5.41) is 23.3. The van der Waals surface area contributed by atoms with Crippen LogP contribution in [0.25, 0.3) is 0 Å². The summed E-state index contributed by atoms with van der Waals surface area (Å²) in [6.07, 6.45) is 0. The van der Waals surface area contributed by atoms with E-state index in [4.69, 9.17) is 0 Å². The lowest BCUT2D eigenvalue weighted by Crippen LogP contribution is -2.34. The van der Waals surface area contributed by atoms with Crippen LogP contribution < -0.4 is 10.6 Å². The zero-order chi connectivity index (χ0) is 18.9. The zero-order valence-corrected chi connectivity index (χ0v) is 14.6. The molecule has 0 aliphatic rings. The third kappa shape index (κ3) is 5.49. The van der Waals surface area contributed by atoms with Gasteiger partial charge in [-0.05, 0) is 42.0 Å². The van der Waals surface area contributed by atoms with Gasteiger partial charge in [-0.1, -0.05) is 48.5 Å². The average molecular weight is 360 g/mol. The SMILES string of the molecule is O=C(Nc1ccc(N=Nc2ccccc2)cc1)NC(CO)c1ccccc1. The third-order valence-electron chi connectivity index (χ3n) is 3.85. The van der Waals surface area contributed by atoms with Gasteiger partial charge in [-0.2, -0.15) is 10.2 Å². The number of nitrogens with one attached hydrogen (secondary N) is 2. The van der Waals surface area contributed by atoms with Gasteiger partial charge in [-0.15, -0.1) is 0 Å². The summed E-state index contributed by atoms with van der Waals surface area (Å²) in [4.78, 5) is 12.2. The van der Waals surface area contributed by atoms with Crippen molar-refractivity contribution in [2.24, 2.45) is 10.2 Å². The van der Waals surface area contributed by atoms with Crippen molar-refractivity contribution in [3.05, 3.63) is 90.5 Å². The fourth-order valence-electron chi connectivity index (χ4n) is 2.47. The van der Waals surface area contributed by atoms with E-state index < -0.39 is 12.1 Å². The molecule has 0 aromatic heterocycles. The molecule has 0 aliphatic heterocycles. The van der Waals surface area contributed by atoms with Gasteiger partial charge >= 0.3 is 6.03 Å². The lowest BCUT2D eigenvalue weighted by Gasteiger charge is -2.17. The average Bonchev–Trinajstić information content (AvgIpc) is 2.73. The summed E-state index contributed by atoms with van der Waals surface area (Å²) in [7, 11) is 0. The van der Waals surface area contributed by atoms with Crippen molar-refractivity contribution in [1.82, 2.24) is 5.32 Å². The monoisotopic (exact) mass is 360 g/mol. The molecule has 1 atom stereocenters. The fraction of sp³-hybridized carbons (Fsp3) is 0.0952. The molecule has 6 heteroatoms. The Morgan fingerprint density at radius 1 is 0.815 bits per heavy atom. The van der Waals surface area contributed by atoms with Gasteiger partial charge in [0, 0.05) is 5.69 Å². The summed E-state index contributed by atoms with van der Waals surface area (Å²) in [6, 6.07) is 24.9. The number of nitrogens with zero attached hydrogens (tertiary/aromatic N) is 2. The van der Waals surface area contributed by atoms with Crippen LogP contribution in [-0.4, -0.2) is 17.7 Å². The quantitative estimate of drug-likeness (QED) is 0.543. The molecule has 0 radical (unpaired) electrons. The summed E-state index contributed by atoms with van der Waals surface area (Å²) >= 11 is 0. The van der Waals surface area contributed by atoms with E-state index in [0.717, 1.165) is 11.3 Å². The molecule has 0 saturated carbocycles. The van der Waals surface area contributed by atoms with Crippen molar-refractivity contribution < 1.29 is 9.90 Å². The van der Waals surface area contributed by atoms with E-state index in [1.165, 1.54) is 0 Å². The summed E-state index contributed by atoms with van der Waals surface area (Å²) in [5.74, 6) is 0. The Morgan fingerprint density at radius 3 is 1.96 bits per heavy atom. The summed E-state index contributed by atoms with van der Waals surface area (Å²) in [5.41, 5.74) is 2.92. The van der Waals surface area contributed by atoms with E-state index >= 15 is 0 Å². The van der Waals surface area contributed by atoms with Gasteiger partial charge < -0.3 is 15.7 Å². The van der Waals surface area contributed by atoms with Crippen LogP contribution in [-0.2, 0) is 0 Å². The van der Waals surface area contributed by atoms with Crippen molar-refractivity contribution >= 4 is 23.1 Å². The Hall–Kier alpha value is -3.51. The number of amides is 2. The molecule has 0 aliphatic carbocycles. The van der Waals surface area contributed by atoms with Crippen molar-refractivity contribution in [2.45, 2.75) is 6.04 Å². The number of hydrogen-bond acceptors (Lipinski definition) is 4. The molecule has 0 spiro atoms. The lowest BCUT2D eigenvalue weighted by atomic mass is 10.1. The van der Waals surface area contributed by atoms with Gasteiger partial charge in [0.2, 0.25) is 0 Å². The largest absolute Gasteiger partial charge is 0.394 e. The standard InChI is InChI=1S/C21H20N4O2/c26-15-20(16-7-3-1-4-8-16)23-21(27)22-17-11-13-19(14-12-17)25-24-18-9-5-2-6-10-18/h1-14,20,26H,15H2,(H2,22,23,27). The van der Waals surface area contributed by atoms with Crippen LogP contribution in [0.4, 0.5) is 21.9 Å². The predicted molar refractivity (Wildman–Crippen MR) is 105 cm³/mol. The van der Waals surface area contributed by atoms with Gasteiger partial charge in [-0.25, -0.2) is 4.79 Å². The molecule has 0 fully saturated rings. The normalized spacial score (nSPS) is 11.9. The number of benzene rings is 3. The number of carbonyl (C=O) groups is 1. The van der Waals surface area contributed by atoms with Gasteiger partial charge in [0.15, 0.2) is 0 Å². The molecule has 3 N–H and O–H groups in total. The Balaban J connectivity index is 1.57. The minimum atomic E-state index is -0.467. The van der Waals surface area contributed by atoms with Crippen LogP contribution in [0.15, 0.2) is 95.2 Å². The Labute approximate surface area is 157 Å². The Kier molecular flexibility index (Phi) is 6.27. The van der Waals surface area contributed by atoms with Crippen molar-refractivity contribution in [2.75, 3.05) is 11.9 Å². The number of anilines is 1. The van der Waals surface area contributed by atoms with E-state index in [9.17, 15) is 9.90 Å². The second-order valence-corrected chi connectivity index (χ2v) is 5.83. The van der Waals surface area contributed by atoms with Crippen LogP contribution in [0.1, 0.15) is 11.6 Å². The molecule has 0 heterocycles. The van der Waals surface area contributed by atoms with Gasteiger partial charge in [0.05, 0.1) is 24.0 Å². The summed E-state index contributed by atoms with van der Waals surface area (Å²) in [6.45, 7) is -0.184. The number of urea groups is 1. The maximum atomic E-state index is 12.2. The van der Waals surface area contributed by atoms with Gasteiger partial charge in [0.1, 0.15) is 0 Å². The second-order valence-electron chi connectivity index (χ2n) is 5.83. The van der Waals surface area contributed by atoms with Crippen molar-refractivity contribution in [1.29, 1.82) is 0 Å². The zero-order valence-electron chi connectivity index (χ0n) is 14.6. The second kappa shape index (κ2) is 9.26. The minimum absolute atomic E-state index is 0.184. The maximum absolute atomic E-state index is 12.2. The van der Waals surface area contributed by atoms with E-state index in [1.54, 1.807) is 24.3 Å². The maximum Gasteiger partial charge on any atom is 0.319 e. The highest BCUT2D eigenvalue weighted by Gasteiger charge is 2.13. The van der Waals surface area contributed by atoms with Crippen LogP contribution in [0.3, 0.4) is 0 Å². The van der Waals surface area contributed by atoms with E-state index in [2.05, 4.69) is 20.9 Å². The molecule has 3 rings (SSSR count). The van der Waals surface area contributed by atoms with E-state index in [0.29, 0.717) is 11.4 Å². The Bertz CT molecular complexity index is 881. The number of azo groups is 1. The first kappa shape index (κ1) is 18.3. The molecule has 2 amide bonds. The highest BCUT2D eigenvalue weighted by atomic mass is 16.3. The molecule has 136 valence electrons. The number of aliphatic hydroxyl groups excluding tert-OH is 1. The van der Waals surface area contributed by atoms with Crippen LogP contribution >= 0.6 is 0 Å². The van der Waals surface area contributed by atoms with Crippen LogP contribution in [0.5, 0.6) is 0 Å². The molecule has 3 aromatic rings. The molecule has 3 aromatic carbocycles. The highest BCUT2D eigenvalue weighted by Crippen LogP contribution is 2.20. The van der Waals surface area contributed by atoms with Crippen molar-refractivity contribution in [3.8, 4) is 0 Å².